The van der Waals surface area contributed by atoms with Crippen LogP contribution in [0.3, 0.4) is 0 Å². The highest BCUT2D eigenvalue weighted by atomic mass is 35.5. The van der Waals surface area contributed by atoms with Gasteiger partial charge in [0.1, 0.15) is 6.04 Å². The van der Waals surface area contributed by atoms with Crippen molar-refractivity contribution in [1.29, 1.82) is 10.7 Å². The summed E-state index contributed by atoms with van der Waals surface area (Å²) >= 11 is 12.9. The van der Waals surface area contributed by atoms with Crippen LogP contribution < -0.4 is 22.1 Å². The molecule has 1 heterocycles. The molecule has 14 heteroatoms. The maximum atomic E-state index is 13.0. The number of nitriles is 1. The molecule has 0 spiro atoms. The summed E-state index contributed by atoms with van der Waals surface area (Å²) in [7, 11) is 0. The van der Waals surface area contributed by atoms with E-state index in [1.54, 1.807) is 23.2 Å². The van der Waals surface area contributed by atoms with Crippen molar-refractivity contribution in [3.8, 4) is 6.19 Å². The van der Waals surface area contributed by atoms with E-state index in [1.807, 2.05) is 5.32 Å². The Morgan fingerprint density at radius 1 is 1.32 bits per heavy atom. The molecule has 0 unspecified atom stereocenters. The molecule has 0 fully saturated rings. The Morgan fingerprint density at radius 3 is 2.68 bits per heavy atom. The largest absolute Gasteiger partial charge is 0.480 e. The second kappa shape index (κ2) is 11.6. The molecule has 0 saturated heterocycles. The number of fused-ring (bicyclic) bond motifs is 1. The van der Waals surface area contributed by atoms with Crippen molar-refractivity contribution < 1.29 is 19.5 Å². The van der Waals surface area contributed by atoms with E-state index in [0.717, 1.165) is 6.21 Å². The lowest BCUT2D eigenvalue weighted by atomic mass is 9.95. The standard InChI is InChI=1S/C23H22Cl2N8O4/c24-15-5-13-9-33(21(35)11-1-2-12(7-26)16(28)6-11)4-3-14(13)19(25)18(15)20(34)32-17(22(36)37)8-30-23(29)31-10-27/h1-2,5-7,17,26H,3-4,8-9,28H2,(H,32,34)(H,36,37)(H3,29,30,31)/t17-/m0/s1. The van der Waals surface area contributed by atoms with Crippen LogP contribution in [0, 0.1) is 16.9 Å². The number of nitrogens with zero attached hydrogens (tertiary/aromatic N) is 3. The van der Waals surface area contributed by atoms with E-state index < -0.39 is 24.5 Å². The van der Waals surface area contributed by atoms with E-state index >= 15 is 0 Å². The first-order valence-electron chi connectivity index (χ1n) is 10.7. The maximum Gasteiger partial charge on any atom is 0.328 e. The van der Waals surface area contributed by atoms with Gasteiger partial charge in [-0.2, -0.15) is 5.26 Å². The highest BCUT2D eigenvalue weighted by Gasteiger charge is 2.29. The van der Waals surface area contributed by atoms with Gasteiger partial charge in [0, 0.05) is 36.1 Å². The van der Waals surface area contributed by atoms with Crippen molar-refractivity contribution in [3.63, 3.8) is 0 Å². The first kappa shape index (κ1) is 27.3. The van der Waals surface area contributed by atoms with Crippen LogP contribution in [-0.4, -0.2) is 59.1 Å². The number of benzene rings is 2. The van der Waals surface area contributed by atoms with Gasteiger partial charge in [-0.3, -0.25) is 14.9 Å². The Hall–Kier alpha value is -4.34. The van der Waals surface area contributed by atoms with Gasteiger partial charge in [-0.1, -0.05) is 29.3 Å². The molecule has 1 aliphatic heterocycles. The lowest BCUT2D eigenvalue weighted by Gasteiger charge is -2.30. The molecule has 3 rings (SSSR count). The zero-order valence-electron chi connectivity index (χ0n) is 19.2. The third kappa shape index (κ3) is 6.08. The van der Waals surface area contributed by atoms with Crippen LogP contribution >= 0.6 is 23.2 Å². The maximum absolute atomic E-state index is 13.0. The van der Waals surface area contributed by atoms with E-state index in [2.05, 4.69) is 10.3 Å². The second-order valence-corrected chi connectivity index (χ2v) is 8.76. The average molecular weight is 545 g/mol. The Balaban J connectivity index is 1.81. The zero-order chi connectivity index (χ0) is 27.3. The second-order valence-electron chi connectivity index (χ2n) is 7.98. The lowest BCUT2D eigenvalue weighted by Crippen LogP contribution is -2.44. The molecule has 0 saturated carbocycles. The number of amides is 2. The van der Waals surface area contributed by atoms with Gasteiger partial charge in [0.15, 0.2) is 6.19 Å². The number of carboxylic acids is 1. The molecule has 2 amide bonds. The highest BCUT2D eigenvalue weighted by molar-refractivity contribution is 6.40. The van der Waals surface area contributed by atoms with Crippen LogP contribution in [0.1, 0.15) is 37.4 Å². The number of anilines is 1. The summed E-state index contributed by atoms with van der Waals surface area (Å²) in [6, 6.07) is 4.75. The van der Waals surface area contributed by atoms with Gasteiger partial charge in [0.25, 0.3) is 11.8 Å². The van der Waals surface area contributed by atoms with Gasteiger partial charge in [0.2, 0.25) is 5.96 Å². The van der Waals surface area contributed by atoms with E-state index in [4.69, 9.17) is 45.3 Å². The van der Waals surface area contributed by atoms with Crippen LogP contribution in [0.2, 0.25) is 10.0 Å². The Kier molecular flexibility index (Phi) is 8.54. The number of guanidine groups is 1. The first-order valence-corrected chi connectivity index (χ1v) is 11.5. The minimum Gasteiger partial charge on any atom is -0.480 e. The summed E-state index contributed by atoms with van der Waals surface area (Å²) in [5, 5.41) is 29.7. The third-order valence-corrected chi connectivity index (χ3v) is 6.36. The number of hydrogen-bond acceptors (Lipinski definition) is 7. The predicted molar refractivity (Wildman–Crippen MR) is 138 cm³/mol. The molecule has 0 aromatic heterocycles. The highest BCUT2D eigenvalue weighted by Crippen LogP contribution is 2.35. The van der Waals surface area contributed by atoms with E-state index in [-0.39, 0.29) is 34.0 Å². The fraction of sp³-hybridized carbons (Fsp3) is 0.217. The predicted octanol–water partition coefficient (Wildman–Crippen LogP) is 1.34. The quantitative estimate of drug-likeness (QED) is 0.0980. The smallest absolute Gasteiger partial charge is 0.328 e. The number of nitrogens with one attached hydrogen (secondary N) is 3. The number of nitrogen functional groups attached to an aromatic ring is 1. The minimum atomic E-state index is -1.46. The summed E-state index contributed by atoms with van der Waals surface area (Å²) in [4.78, 5) is 42.8. The van der Waals surface area contributed by atoms with Gasteiger partial charge >= 0.3 is 5.97 Å². The number of aliphatic carboxylic acids is 1. The minimum absolute atomic E-state index is 0.0200. The number of carboxylic acid groups (broad SMARTS) is 1. The van der Waals surface area contributed by atoms with Gasteiger partial charge in [-0.25, -0.2) is 9.79 Å². The summed E-state index contributed by atoms with van der Waals surface area (Å²) in [5.74, 6) is -2.78. The SMILES string of the molecule is N#CNC(N)=NC[C@H](NC(=O)c1c(Cl)cc2c(c1Cl)CCN(C(=O)c1ccc(C=N)c(N)c1)C2)C(=O)O. The van der Waals surface area contributed by atoms with Crippen LogP contribution in [0.4, 0.5) is 5.69 Å². The molecule has 192 valence electrons. The van der Waals surface area contributed by atoms with Crippen molar-refractivity contribution >= 4 is 58.8 Å². The van der Waals surface area contributed by atoms with Crippen LogP contribution in [-0.2, 0) is 17.8 Å². The molecular weight excluding hydrogens is 523 g/mol. The molecule has 0 bridgehead atoms. The van der Waals surface area contributed by atoms with Crippen molar-refractivity contribution in [2.24, 2.45) is 10.7 Å². The number of carbonyl (C=O) groups excluding carboxylic acids is 2. The molecule has 1 atom stereocenters. The third-order valence-electron chi connectivity index (χ3n) is 5.64. The Bertz CT molecular complexity index is 1360. The van der Waals surface area contributed by atoms with Crippen molar-refractivity contribution in [1.82, 2.24) is 15.5 Å². The van der Waals surface area contributed by atoms with Crippen LogP contribution in [0.25, 0.3) is 0 Å². The number of rotatable bonds is 7. The molecule has 0 aliphatic carbocycles. The number of aliphatic imine (C=N–C) groups is 1. The summed E-state index contributed by atoms with van der Waals surface area (Å²) in [6.45, 7) is 0.0433. The number of nitrogens with two attached hydrogens (primary N) is 2. The summed E-state index contributed by atoms with van der Waals surface area (Å²) in [6.07, 6.45) is 2.97. The first-order chi connectivity index (χ1) is 17.6. The van der Waals surface area contributed by atoms with E-state index in [1.165, 1.54) is 12.1 Å². The lowest BCUT2D eigenvalue weighted by molar-refractivity contribution is -0.138. The van der Waals surface area contributed by atoms with Crippen LogP contribution in [0.15, 0.2) is 29.3 Å². The molecule has 37 heavy (non-hydrogen) atoms. The molecule has 2 aromatic rings. The topological polar surface area (TPSA) is 211 Å². The molecule has 12 nitrogen and oxygen atoms in total. The van der Waals surface area contributed by atoms with Crippen molar-refractivity contribution in [3.05, 3.63) is 62.1 Å². The number of halogens is 2. The Labute approximate surface area is 221 Å². The van der Waals surface area contributed by atoms with Gasteiger partial charge in [-0.15, -0.1) is 0 Å². The van der Waals surface area contributed by atoms with E-state index in [9.17, 15) is 19.5 Å². The molecular formula is C23H22Cl2N8O4. The fourth-order valence-corrected chi connectivity index (χ4v) is 4.52. The van der Waals surface area contributed by atoms with Gasteiger partial charge in [0.05, 0.1) is 22.2 Å². The number of hydrogen-bond donors (Lipinski definition) is 6. The average Bonchev–Trinajstić information content (AvgIpc) is 2.85. The fourth-order valence-electron chi connectivity index (χ4n) is 3.76. The van der Waals surface area contributed by atoms with Crippen molar-refractivity contribution in [2.45, 2.75) is 19.0 Å². The molecule has 8 N–H and O–H groups in total. The number of carbonyl (C=O) groups is 3. The van der Waals surface area contributed by atoms with Crippen LogP contribution in [0.5, 0.6) is 0 Å². The zero-order valence-corrected chi connectivity index (χ0v) is 20.7. The molecule has 2 aromatic carbocycles. The Morgan fingerprint density at radius 2 is 2.05 bits per heavy atom. The summed E-state index contributed by atoms with van der Waals surface area (Å²) < 4.78 is 0. The normalized spacial score (nSPS) is 13.6. The summed E-state index contributed by atoms with van der Waals surface area (Å²) in [5.41, 5.74) is 13.7. The molecule has 1 aliphatic rings. The molecule has 0 radical (unpaired) electrons. The van der Waals surface area contributed by atoms with E-state index in [0.29, 0.717) is 40.9 Å². The monoisotopic (exact) mass is 544 g/mol. The van der Waals surface area contributed by atoms with Crippen molar-refractivity contribution in [2.75, 3.05) is 18.8 Å². The van der Waals surface area contributed by atoms with Gasteiger partial charge in [-0.05, 0) is 35.7 Å². The van der Waals surface area contributed by atoms with Gasteiger partial charge < -0.3 is 32.2 Å².